The molecule has 1 aliphatic rings. The van der Waals surface area contributed by atoms with E-state index < -0.39 is 22.1 Å². The minimum Gasteiger partial charge on any atom is -0.207 e. The number of rotatable bonds is 3. The van der Waals surface area contributed by atoms with E-state index in [1.807, 2.05) is 0 Å². The van der Waals surface area contributed by atoms with E-state index in [2.05, 4.69) is 0 Å². The van der Waals surface area contributed by atoms with Crippen molar-refractivity contribution in [3.63, 3.8) is 0 Å². The average molecular weight is 348 g/mol. The van der Waals surface area contributed by atoms with Gasteiger partial charge in [-0.25, -0.2) is 8.42 Å². The molecule has 0 spiro atoms. The van der Waals surface area contributed by atoms with Crippen LogP contribution in [-0.4, -0.2) is 32.0 Å². The van der Waals surface area contributed by atoms with Gasteiger partial charge >= 0.3 is 6.18 Å². The number of hydrogen-bond acceptors (Lipinski definition) is 3. The highest BCUT2D eigenvalue weighted by atomic mass is 35.5. The first kappa shape index (κ1) is 16.1. The van der Waals surface area contributed by atoms with E-state index in [9.17, 15) is 21.6 Å². The van der Waals surface area contributed by atoms with Crippen LogP contribution in [-0.2, 0) is 15.9 Å². The van der Waals surface area contributed by atoms with Crippen LogP contribution in [0, 0.1) is 5.92 Å². The summed E-state index contributed by atoms with van der Waals surface area (Å²) in [5.41, 5.74) is 0. The number of piperidine rings is 1. The molecule has 1 fully saturated rings. The topological polar surface area (TPSA) is 37.4 Å². The van der Waals surface area contributed by atoms with E-state index in [0.29, 0.717) is 0 Å². The Morgan fingerprint density at radius 3 is 2.40 bits per heavy atom. The fourth-order valence-corrected chi connectivity index (χ4v) is 4.98. The average Bonchev–Trinajstić information content (AvgIpc) is 2.87. The van der Waals surface area contributed by atoms with Crippen molar-refractivity contribution in [3.05, 3.63) is 16.3 Å². The van der Waals surface area contributed by atoms with Gasteiger partial charge in [-0.15, -0.1) is 22.9 Å². The molecule has 1 aliphatic heterocycles. The van der Waals surface area contributed by atoms with Crippen LogP contribution in [0.25, 0.3) is 0 Å². The van der Waals surface area contributed by atoms with Crippen molar-refractivity contribution in [2.45, 2.75) is 29.8 Å². The minimum atomic E-state index is -4.25. The van der Waals surface area contributed by atoms with E-state index in [-0.39, 0.29) is 36.7 Å². The molecule has 1 aromatic heterocycles. The number of sulfonamides is 1. The Balaban J connectivity index is 2.09. The van der Waals surface area contributed by atoms with E-state index in [1.54, 1.807) is 0 Å². The van der Waals surface area contributed by atoms with E-state index >= 15 is 0 Å². The van der Waals surface area contributed by atoms with Crippen molar-refractivity contribution in [2.75, 3.05) is 13.1 Å². The number of thiophene rings is 1. The summed E-state index contributed by atoms with van der Waals surface area (Å²) >= 11 is 6.85. The molecule has 0 aliphatic carbocycles. The SMILES string of the molecule is O=S(=O)(c1csc(CCl)c1)N1CCC(C(F)(F)F)CC1. The second-order valence-corrected chi connectivity index (χ2v) is 7.80. The van der Waals surface area contributed by atoms with Gasteiger partial charge in [0.05, 0.1) is 16.7 Å². The summed E-state index contributed by atoms with van der Waals surface area (Å²) in [6.07, 6.45) is -4.62. The van der Waals surface area contributed by atoms with Gasteiger partial charge in [-0.1, -0.05) is 0 Å². The Bertz CT molecular complexity index is 562. The number of alkyl halides is 4. The largest absolute Gasteiger partial charge is 0.391 e. The van der Waals surface area contributed by atoms with Crippen LogP contribution < -0.4 is 0 Å². The molecule has 1 saturated heterocycles. The highest BCUT2D eigenvalue weighted by Gasteiger charge is 2.43. The van der Waals surface area contributed by atoms with Gasteiger partial charge in [-0.3, -0.25) is 0 Å². The van der Waals surface area contributed by atoms with Crippen LogP contribution >= 0.6 is 22.9 Å². The molecule has 0 N–H and O–H groups in total. The highest BCUT2D eigenvalue weighted by Crippen LogP contribution is 2.35. The first-order valence-corrected chi connectivity index (χ1v) is 8.81. The van der Waals surface area contributed by atoms with E-state index in [1.165, 1.54) is 22.8 Å². The summed E-state index contributed by atoms with van der Waals surface area (Å²) in [5.74, 6) is -1.19. The molecule has 1 aromatic rings. The van der Waals surface area contributed by atoms with Gasteiger partial charge in [-0.2, -0.15) is 17.5 Å². The lowest BCUT2D eigenvalue weighted by Gasteiger charge is -2.31. The molecule has 0 saturated carbocycles. The summed E-state index contributed by atoms with van der Waals surface area (Å²) in [7, 11) is -3.70. The summed E-state index contributed by atoms with van der Waals surface area (Å²) < 4.78 is 63.4. The highest BCUT2D eigenvalue weighted by molar-refractivity contribution is 7.89. The first-order valence-electron chi connectivity index (χ1n) is 5.95. The molecule has 2 rings (SSSR count). The molecular formula is C11H13ClF3NO2S2. The standard InChI is InChI=1S/C11H13ClF3NO2S2/c12-6-9-5-10(7-19-9)20(17,18)16-3-1-8(2-4-16)11(13,14)15/h5,7-8H,1-4,6H2. The second-order valence-electron chi connectivity index (χ2n) is 4.60. The molecule has 0 atom stereocenters. The number of halogens is 4. The summed E-state index contributed by atoms with van der Waals surface area (Å²) in [6, 6.07) is 1.48. The third-order valence-corrected chi connectivity index (χ3v) is 6.72. The van der Waals surface area contributed by atoms with Crippen LogP contribution in [0.4, 0.5) is 13.2 Å². The maximum atomic E-state index is 12.6. The van der Waals surface area contributed by atoms with E-state index in [0.717, 1.165) is 9.18 Å². The van der Waals surface area contributed by atoms with Crippen molar-refractivity contribution in [1.82, 2.24) is 4.31 Å². The molecule has 0 bridgehead atoms. The Labute approximate surface area is 124 Å². The quantitative estimate of drug-likeness (QED) is 0.785. The zero-order valence-corrected chi connectivity index (χ0v) is 12.7. The van der Waals surface area contributed by atoms with Crippen molar-refractivity contribution >= 4 is 33.0 Å². The van der Waals surface area contributed by atoms with Crippen molar-refractivity contribution in [1.29, 1.82) is 0 Å². The Hall–Kier alpha value is -0.310. The van der Waals surface area contributed by atoms with Crippen molar-refractivity contribution < 1.29 is 21.6 Å². The third kappa shape index (κ3) is 3.29. The maximum absolute atomic E-state index is 12.6. The maximum Gasteiger partial charge on any atom is 0.391 e. The second kappa shape index (κ2) is 5.82. The van der Waals surface area contributed by atoms with Gasteiger partial charge in [0, 0.05) is 23.3 Å². The van der Waals surface area contributed by atoms with E-state index in [4.69, 9.17) is 11.6 Å². The summed E-state index contributed by atoms with van der Waals surface area (Å²) in [6.45, 7) is -0.197. The van der Waals surface area contributed by atoms with Crippen LogP contribution in [0.5, 0.6) is 0 Å². The van der Waals surface area contributed by atoms with Gasteiger partial charge < -0.3 is 0 Å². The minimum absolute atomic E-state index is 0.0986. The molecular weight excluding hydrogens is 335 g/mol. The van der Waals surface area contributed by atoms with Crippen LogP contribution in [0.15, 0.2) is 16.3 Å². The lowest BCUT2D eigenvalue weighted by atomic mass is 9.98. The molecule has 3 nitrogen and oxygen atoms in total. The normalized spacial score (nSPS) is 19.4. The molecule has 114 valence electrons. The fourth-order valence-electron chi connectivity index (χ4n) is 2.14. The molecule has 0 aromatic carbocycles. The lowest BCUT2D eigenvalue weighted by Crippen LogP contribution is -2.41. The van der Waals surface area contributed by atoms with Crippen LogP contribution in [0.3, 0.4) is 0 Å². The molecule has 20 heavy (non-hydrogen) atoms. The molecule has 2 heterocycles. The van der Waals surface area contributed by atoms with Crippen molar-refractivity contribution in [2.24, 2.45) is 5.92 Å². The number of nitrogens with zero attached hydrogens (tertiary/aromatic N) is 1. The molecule has 0 amide bonds. The van der Waals surface area contributed by atoms with Gasteiger partial charge in [0.1, 0.15) is 0 Å². The lowest BCUT2D eigenvalue weighted by molar-refractivity contribution is -0.182. The monoisotopic (exact) mass is 347 g/mol. The van der Waals surface area contributed by atoms with Gasteiger partial charge in [-0.05, 0) is 18.9 Å². The van der Waals surface area contributed by atoms with Gasteiger partial charge in [0.15, 0.2) is 0 Å². The van der Waals surface area contributed by atoms with Gasteiger partial charge in [0.2, 0.25) is 10.0 Å². The number of hydrogen-bond donors (Lipinski definition) is 0. The van der Waals surface area contributed by atoms with Gasteiger partial charge in [0.25, 0.3) is 0 Å². The van der Waals surface area contributed by atoms with Crippen molar-refractivity contribution in [3.8, 4) is 0 Å². The molecule has 0 unspecified atom stereocenters. The van der Waals surface area contributed by atoms with Crippen LogP contribution in [0.1, 0.15) is 17.7 Å². The first-order chi connectivity index (χ1) is 9.25. The fraction of sp³-hybridized carbons (Fsp3) is 0.636. The zero-order chi connectivity index (χ0) is 15.0. The smallest absolute Gasteiger partial charge is 0.207 e. The Morgan fingerprint density at radius 1 is 1.35 bits per heavy atom. The Morgan fingerprint density at radius 2 is 1.95 bits per heavy atom. The molecule has 9 heteroatoms. The Kier molecular flexibility index (Phi) is 4.68. The summed E-state index contributed by atoms with van der Waals surface area (Å²) in [4.78, 5) is 0.832. The zero-order valence-electron chi connectivity index (χ0n) is 10.4. The predicted molar refractivity (Wildman–Crippen MR) is 71.4 cm³/mol. The predicted octanol–water partition coefficient (Wildman–Crippen LogP) is 3.45. The van der Waals surface area contributed by atoms with Crippen LogP contribution in [0.2, 0.25) is 0 Å². The molecule has 0 radical (unpaired) electrons. The summed E-state index contributed by atoms with van der Waals surface area (Å²) in [5, 5.41) is 1.48. The third-order valence-electron chi connectivity index (χ3n) is 3.32.